The van der Waals surface area contributed by atoms with Gasteiger partial charge in [0.25, 0.3) is 5.92 Å². The molecule has 1 saturated carbocycles. The Morgan fingerprint density at radius 1 is 1.08 bits per heavy atom. The zero-order valence-electron chi connectivity index (χ0n) is 20.6. The van der Waals surface area contributed by atoms with E-state index in [1.54, 1.807) is 35.5 Å². The highest BCUT2D eigenvalue weighted by atomic mass is 32.1. The van der Waals surface area contributed by atoms with E-state index in [1.807, 2.05) is 18.2 Å². The van der Waals surface area contributed by atoms with Gasteiger partial charge in [-0.2, -0.15) is 0 Å². The molecule has 9 heteroatoms. The number of ketones is 1. The van der Waals surface area contributed by atoms with Gasteiger partial charge in [-0.15, -0.1) is 11.3 Å². The van der Waals surface area contributed by atoms with Crippen LogP contribution in [0.2, 0.25) is 0 Å². The maximum absolute atomic E-state index is 14.9. The van der Waals surface area contributed by atoms with Crippen molar-refractivity contribution in [1.29, 1.82) is 0 Å². The first kappa shape index (κ1) is 25.0. The fraction of sp³-hybridized carbons (Fsp3) is 0.345. The number of Topliss-reactive ketones (excluding diaryl/α,β-unsaturated/α-hetero) is 1. The van der Waals surface area contributed by atoms with Crippen molar-refractivity contribution < 1.29 is 22.7 Å². The van der Waals surface area contributed by atoms with Gasteiger partial charge in [-0.3, -0.25) is 19.7 Å². The fourth-order valence-corrected chi connectivity index (χ4v) is 5.83. The molecule has 38 heavy (non-hydrogen) atoms. The van der Waals surface area contributed by atoms with Crippen LogP contribution in [0.5, 0.6) is 11.5 Å². The van der Waals surface area contributed by atoms with E-state index in [0.29, 0.717) is 42.3 Å². The Labute approximate surface area is 222 Å². The lowest BCUT2D eigenvalue weighted by Crippen LogP contribution is -2.24. The first-order chi connectivity index (χ1) is 18.3. The molecule has 0 amide bonds. The molecule has 4 heterocycles. The Hall–Kier alpha value is -3.30. The molecule has 2 fully saturated rings. The predicted molar refractivity (Wildman–Crippen MR) is 140 cm³/mol. The van der Waals surface area contributed by atoms with Crippen LogP contribution in [-0.2, 0) is 17.8 Å². The lowest BCUT2D eigenvalue weighted by atomic mass is 10.0. The molecule has 196 valence electrons. The second kappa shape index (κ2) is 10.1. The summed E-state index contributed by atoms with van der Waals surface area (Å²) in [5.41, 5.74) is 2.96. The van der Waals surface area contributed by atoms with Crippen molar-refractivity contribution in [2.75, 3.05) is 13.1 Å². The molecule has 0 bridgehead atoms. The number of carbonyl (C=O) groups is 1. The highest BCUT2D eigenvalue weighted by Crippen LogP contribution is 2.39. The zero-order chi connectivity index (χ0) is 26.3. The lowest BCUT2D eigenvalue weighted by molar-refractivity contribution is -0.118. The second-order valence-corrected chi connectivity index (χ2v) is 11.3. The van der Waals surface area contributed by atoms with Crippen molar-refractivity contribution in [2.24, 2.45) is 5.92 Å². The largest absolute Gasteiger partial charge is 0.453 e. The number of thiophene rings is 1. The van der Waals surface area contributed by atoms with E-state index in [9.17, 15) is 18.0 Å². The fourth-order valence-electron chi connectivity index (χ4n) is 4.78. The summed E-state index contributed by atoms with van der Waals surface area (Å²) in [5.74, 6) is -1.91. The summed E-state index contributed by atoms with van der Waals surface area (Å²) in [6.45, 7) is 0.594. The van der Waals surface area contributed by atoms with Gasteiger partial charge < -0.3 is 4.74 Å². The van der Waals surface area contributed by atoms with Crippen molar-refractivity contribution in [3.05, 3.63) is 71.8 Å². The van der Waals surface area contributed by atoms with Crippen LogP contribution in [0.4, 0.5) is 13.2 Å². The van der Waals surface area contributed by atoms with Crippen LogP contribution in [0.15, 0.2) is 54.9 Å². The molecule has 5 nitrogen and oxygen atoms in total. The monoisotopic (exact) mass is 537 g/mol. The molecule has 0 unspecified atom stereocenters. The normalized spacial score (nSPS) is 17.2. The molecule has 6 rings (SSSR count). The standard InChI is InChI=1S/C29H26F3N3O2S/c30-22-13-19(12-21(36)11-18-1-2-18)4-6-25(22)37-26-7-9-33-24-14-27(38-28(24)26)23-5-3-20(15-34-23)16-35-10-8-29(31,32)17-35/h3-7,9,13-15,18H,1-2,8,10-12,16-17H2. The first-order valence-electron chi connectivity index (χ1n) is 12.7. The molecule has 1 aliphatic heterocycles. The van der Waals surface area contributed by atoms with Gasteiger partial charge in [-0.1, -0.05) is 12.1 Å². The summed E-state index contributed by atoms with van der Waals surface area (Å²) in [6.07, 6.45) is 6.25. The van der Waals surface area contributed by atoms with Crippen LogP contribution in [0.1, 0.15) is 36.8 Å². The first-order valence-corrected chi connectivity index (χ1v) is 13.5. The third-order valence-electron chi connectivity index (χ3n) is 6.94. The Balaban J connectivity index is 1.16. The summed E-state index contributed by atoms with van der Waals surface area (Å²) in [5, 5.41) is 0. The minimum Gasteiger partial charge on any atom is -0.453 e. The number of nitrogens with zero attached hydrogens (tertiary/aromatic N) is 3. The summed E-state index contributed by atoms with van der Waals surface area (Å²) in [6, 6.07) is 12.0. The molecule has 0 radical (unpaired) electrons. The van der Waals surface area contributed by atoms with Gasteiger partial charge in [-0.25, -0.2) is 13.2 Å². The predicted octanol–water partition coefficient (Wildman–Crippen LogP) is 7.04. The SMILES string of the molecule is O=C(Cc1ccc(Oc2ccnc3cc(-c4ccc(CN5CCC(F)(F)C5)cn4)sc23)c(F)c1)CC1CC1. The number of carbonyl (C=O) groups excluding carboxylic acids is 1. The molecule has 0 spiro atoms. The number of rotatable bonds is 9. The Bertz CT molecular complexity index is 1480. The lowest BCUT2D eigenvalue weighted by Gasteiger charge is -2.15. The van der Waals surface area contributed by atoms with Gasteiger partial charge in [-0.05, 0) is 54.2 Å². The van der Waals surface area contributed by atoms with Gasteiger partial charge in [0.1, 0.15) is 11.5 Å². The third kappa shape index (κ3) is 5.73. The maximum atomic E-state index is 14.9. The molecule has 1 aromatic carbocycles. The van der Waals surface area contributed by atoms with E-state index < -0.39 is 11.7 Å². The summed E-state index contributed by atoms with van der Waals surface area (Å²) in [7, 11) is 0. The maximum Gasteiger partial charge on any atom is 0.261 e. The van der Waals surface area contributed by atoms with Gasteiger partial charge >= 0.3 is 0 Å². The molecule has 4 aromatic rings. The summed E-state index contributed by atoms with van der Waals surface area (Å²) >= 11 is 1.44. The average molecular weight is 538 g/mol. The number of hydrogen-bond donors (Lipinski definition) is 0. The van der Waals surface area contributed by atoms with E-state index in [2.05, 4.69) is 9.97 Å². The highest BCUT2D eigenvalue weighted by Gasteiger charge is 2.37. The van der Waals surface area contributed by atoms with Gasteiger partial charge in [0, 0.05) is 50.8 Å². The molecule has 0 atom stereocenters. The number of ether oxygens (including phenoxy) is 1. The van der Waals surface area contributed by atoms with Gasteiger partial charge in [0.05, 0.1) is 27.3 Å². The zero-order valence-corrected chi connectivity index (χ0v) is 21.4. The minimum atomic E-state index is -2.61. The van der Waals surface area contributed by atoms with Crippen LogP contribution in [0, 0.1) is 11.7 Å². The van der Waals surface area contributed by atoms with Crippen LogP contribution in [0.25, 0.3) is 20.8 Å². The second-order valence-electron chi connectivity index (χ2n) is 10.2. The van der Waals surface area contributed by atoms with Crippen molar-refractivity contribution in [2.45, 2.75) is 44.6 Å². The average Bonchev–Trinajstić information content (AvgIpc) is 3.46. The van der Waals surface area contributed by atoms with Crippen molar-refractivity contribution in [1.82, 2.24) is 14.9 Å². The van der Waals surface area contributed by atoms with Crippen molar-refractivity contribution in [3.63, 3.8) is 0 Å². The molecule has 1 aliphatic carbocycles. The number of hydrogen-bond acceptors (Lipinski definition) is 6. The van der Waals surface area contributed by atoms with E-state index in [4.69, 9.17) is 4.74 Å². The number of fused-ring (bicyclic) bond motifs is 1. The Kier molecular flexibility index (Phi) is 6.65. The molecule has 0 N–H and O–H groups in total. The number of halogens is 3. The van der Waals surface area contributed by atoms with E-state index in [1.165, 1.54) is 17.4 Å². The minimum absolute atomic E-state index is 0.0841. The Morgan fingerprint density at radius 3 is 2.63 bits per heavy atom. The highest BCUT2D eigenvalue weighted by molar-refractivity contribution is 7.22. The number of alkyl halides is 2. The molecular formula is C29H26F3N3O2S. The number of aromatic nitrogens is 2. The Morgan fingerprint density at radius 2 is 1.92 bits per heavy atom. The van der Waals surface area contributed by atoms with E-state index in [0.717, 1.165) is 33.7 Å². The quantitative estimate of drug-likeness (QED) is 0.229. The van der Waals surface area contributed by atoms with Crippen molar-refractivity contribution >= 4 is 27.3 Å². The van der Waals surface area contributed by atoms with Crippen LogP contribution >= 0.6 is 11.3 Å². The number of likely N-dealkylation sites (tertiary alicyclic amines) is 1. The number of benzene rings is 1. The smallest absolute Gasteiger partial charge is 0.261 e. The van der Waals surface area contributed by atoms with E-state index >= 15 is 0 Å². The van der Waals surface area contributed by atoms with Crippen LogP contribution in [0.3, 0.4) is 0 Å². The third-order valence-corrected chi connectivity index (χ3v) is 8.10. The van der Waals surface area contributed by atoms with Gasteiger partial charge in [0.15, 0.2) is 11.6 Å². The molecule has 1 saturated heterocycles. The molecule has 3 aromatic heterocycles. The van der Waals surface area contributed by atoms with E-state index in [-0.39, 0.29) is 30.9 Å². The topological polar surface area (TPSA) is 55.3 Å². The molecular weight excluding hydrogens is 511 g/mol. The summed E-state index contributed by atoms with van der Waals surface area (Å²) in [4.78, 5) is 23.7. The summed E-state index contributed by atoms with van der Waals surface area (Å²) < 4.78 is 48.5. The molecule has 2 aliphatic rings. The van der Waals surface area contributed by atoms with Crippen LogP contribution in [-0.4, -0.2) is 39.7 Å². The number of pyridine rings is 2. The van der Waals surface area contributed by atoms with Gasteiger partial charge in [0.2, 0.25) is 0 Å². The van der Waals surface area contributed by atoms with Crippen molar-refractivity contribution in [3.8, 4) is 22.1 Å². The van der Waals surface area contributed by atoms with Crippen LogP contribution < -0.4 is 4.74 Å².